The maximum atomic E-state index is 12.0. The van der Waals surface area contributed by atoms with Crippen LogP contribution in [0.1, 0.15) is 29.5 Å². The molecule has 3 rings (SSSR count). The number of hydrogen-bond acceptors (Lipinski definition) is 4. The van der Waals surface area contributed by atoms with Gasteiger partial charge >= 0.3 is 0 Å². The Balaban J connectivity index is 1.36. The summed E-state index contributed by atoms with van der Waals surface area (Å²) in [7, 11) is 0. The van der Waals surface area contributed by atoms with E-state index < -0.39 is 0 Å². The molecule has 6 heteroatoms. The highest BCUT2D eigenvalue weighted by molar-refractivity contribution is 6.31. The third kappa shape index (κ3) is 6.60. The molecule has 2 N–H and O–H groups in total. The van der Waals surface area contributed by atoms with Gasteiger partial charge in [0.2, 0.25) is 5.91 Å². The number of benzene rings is 2. The van der Waals surface area contributed by atoms with Gasteiger partial charge in [0.05, 0.1) is 12.7 Å². The SMILES string of the molecule is O=C(COCc1ccccc1Cl)NCc1ccc(CN2CCC(O)CC2)cc1. The van der Waals surface area contributed by atoms with E-state index in [2.05, 4.69) is 22.3 Å². The summed E-state index contributed by atoms with van der Waals surface area (Å²) in [5.74, 6) is -0.150. The standard InChI is InChI=1S/C22H27ClN2O3/c23-21-4-2-1-3-19(21)15-28-16-22(27)24-13-17-5-7-18(8-6-17)14-25-11-9-20(26)10-12-25/h1-8,20,26H,9-16H2,(H,24,27). The molecular weight excluding hydrogens is 376 g/mol. The van der Waals surface area contributed by atoms with E-state index in [4.69, 9.17) is 16.3 Å². The van der Waals surface area contributed by atoms with Crippen molar-refractivity contribution in [2.24, 2.45) is 0 Å². The molecule has 1 aliphatic heterocycles. The highest BCUT2D eigenvalue weighted by Gasteiger charge is 2.16. The molecule has 0 aliphatic carbocycles. The third-order valence-corrected chi connectivity index (χ3v) is 5.29. The van der Waals surface area contributed by atoms with E-state index >= 15 is 0 Å². The van der Waals surface area contributed by atoms with Gasteiger partial charge in [-0.3, -0.25) is 9.69 Å². The molecule has 2 aromatic rings. The van der Waals surface area contributed by atoms with Gasteiger partial charge in [0, 0.05) is 31.2 Å². The van der Waals surface area contributed by atoms with Crippen molar-refractivity contribution < 1.29 is 14.6 Å². The van der Waals surface area contributed by atoms with Crippen molar-refractivity contribution in [2.75, 3.05) is 19.7 Å². The topological polar surface area (TPSA) is 61.8 Å². The van der Waals surface area contributed by atoms with E-state index in [1.807, 2.05) is 30.3 Å². The lowest BCUT2D eigenvalue weighted by molar-refractivity contribution is -0.126. The fourth-order valence-corrected chi connectivity index (χ4v) is 3.41. The summed E-state index contributed by atoms with van der Waals surface area (Å²) in [4.78, 5) is 14.3. The monoisotopic (exact) mass is 402 g/mol. The average molecular weight is 403 g/mol. The van der Waals surface area contributed by atoms with Gasteiger partial charge in [0.15, 0.2) is 0 Å². The summed E-state index contributed by atoms with van der Waals surface area (Å²) in [5.41, 5.74) is 3.17. The molecule has 150 valence electrons. The Bertz CT molecular complexity index is 759. The molecule has 1 fully saturated rings. The molecule has 1 heterocycles. The van der Waals surface area contributed by atoms with E-state index in [9.17, 15) is 9.90 Å². The predicted octanol–water partition coefficient (Wildman–Crippen LogP) is 3.13. The molecule has 1 saturated heterocycles. The number of aliphatic hydroxyl groups is 1. The van der Waals surface area contributed by atoms with Crippen molar-refractivity contribution in [1.29, 1.82) is 0 Å². The number of amides is 1. The van der Waals surface area contributed by atoms with Crippen LogP contribution in [-0.4, -0.2) is 41.7 Å². The first-order valence-corrected chi connectivity index (χ1v) is 10.0. The van der Waals surface area contributed by atoms with E-state index in [0.29, 0.717) is 18.2 Å². The zero-order chi connectivity index (χ0) is 19.8. The van der Waals surface area contributed by atoms with Crippen LogP contribution in [0.25, 0.3) is 0 Å². The minimum atomic E-state index is -0.150. The van der Waals surface area contributed by atoms with Gasteiger partial charge in [-0.15, -0.1) is 0 Å². The number of ether oxygens (including phenoxy) is 1. The quantitative estimate of drug-likeness (QED) is 0.712. The van der Waals surface area contributed by atoms with E-state index in [1.54, 1.807) is 6.07 Å². The second-order valence-corrected chi connectivity index (χ2v) is 7.59. The maximum Gasteiger partial charge on any atom is 0.246 e. The van der Waals surface area contributed by atoms with Crippen LogP contribution in [0.15, 0.2) is 48.5 Å². The molecule has 0 saturated carbocycles. The third-order valence-electron chi connectivity index (χ3n) is 4.92. The molecule has 2 aromatic carbocycles. The minimum Gasteiger partial charge on any atom is -0.393 e. The van der Waals surface area contributed by atoms with Crippen molar-refractivity contribution in [2.45, 2.75) is 38.6 Å². The fourth-order valence-electron chi connectivity index (χ4n) is 3.22. The summed E-state index contributed by atoms with van der Waals surface area (Å²) in [5, 5.41) is 13.1. The normalized spacial score (nSPS) is 15.5. The number of carbonyl (C=O) groups excluding carboxylic acids is 1. The number of nitrogens with zero attached hydrogens (tertiary/aromatic N) is 1. The number of aliphatic hydroxyl groups excluding tert-OH is 1. The van der Waals surface area contributed by atoms with Gasteiger partial charge in [0.1, 0.15) is 6.61 Å². The van der Waals surface area contributed by atoms with Crippen LogP contribution >= 0.6 is 11.6 Å². The second-order valence-electron chi connectivity index (χ2n) is 7.18. The largest absolute Gasteiger partial charge is 0.393 e. The minimum absolute atomic E-state index is 0.00409. The van der Waals surface area contributed by atoms with Crippen LogP contribution in [0.2, 0.25) is 5.02 Å². The first-order chi connectivity index (χ1) is 13.6. The van der Waals surface area contributed by atoms with Crippen molar-refractivity contribution in [3.8, 4) is 0 Å². The highest BCUT2D eigenvalue weighted by Crippen LogP contribution is 2.16. The number of nitrogens with one attached hydrogen (secondary N) is 1. The second kappa shape index (κ2) is 10.6. The average Bonchev–Trinajstić information content (AvgIpc) is 2.71. The van der Waals surface area contributed by atoms with Crippen LogP contribution in [0.5, 0.6) is 0 Å². The predicted molar refractivity (Wildman–Crippen MR) is 110 cm³/mol. The van der Waals surface area contributed by atoms with Gasteiger partial charge < -0.3 is 15.2 Å². The van der Waals surface area contributed by atoms with E-state index in [1.165, 1.54) is 5.56 Å². The van der Waals surface area contributed by atoms with Crippen LogP contribution < -0.4 is 5.32 Å². The summed E-state index contributed by atoms with van der Waals surface area (Å²) in [6.45, 7) is 3.57. The number of likely N-dealkylation sites (tertiary alicyclic amines) is 1. The zero-order valence-electron chi connectivity index (χ0n) is 15.9. The Labute approximate surface area is 171 Å². The summed E-state index contributed by atoms with van der Waals surface area (Å²) < 4.78 is 5.44. The molecule has 28 heavy (non-hydrogen) atoms. The molecule has 0 unspecified atom stereocenters. The summed E-state index contributed by atoms with van der Waals surface area (Å²) in [6.07, 6.45) is 1.56. The number of piperidine rings is 1. The number of rotatable bonds is 8. The Morgan fingerprint density at radius 1 is 1.11 bits per heavy atom. The van der Waals surface area contributed by atoms with E-state index in [-0.39, 0.29) is 18.6 Å². The fraction of sp³-hybridized carbons (Fsp3) is 0.409. The Morgan fingerprint density at radius 2 is 1.79 bits per heavy atom. The van der Waals surface area contributed by atoms with E-state index in [0.717, 1.165) is 43.6 Å². The highest BCUT2D eigenvalue weighted by atomic mass is 35.5. The molecule has 1 aliphatic rings. The van der Waals surface area contributed by atoms with Gasteiger partial charge in [-0.2, -0.15) is 0 Å². The van der Waals surface area contributed by atoms with Crippen LogP contribution in [0, 0.1) is 0 Å². The Kier molecular flexibility index (Phi) is 7.86. The first-order valence-electron chi connectivity index (χ1n) is 9.66. The Morgan fingerprint density at radius 3 is 2.50 bits per heavy atom. The first kappa shape index (κ1) is 20.8. The lowest BCUT2D eigenvalue weighted by Crippen LogP contribution is -2.35. The van der Waals surface area contributed by atoms with Gasteiger partial charge in [-0.25, -0.2) is 0 Å². The maximum absolute atomic E-state index is 12.0. The van der Waals surface area contributed by atoms with Crippen LogP contribution in [-0.2, 0) is 29.2 Å². The lowest BCUT2D eigenvalue weighted by atomic mass is 10.1. The molecule has 1 amide bonds. The molecule has 0 atom stereocenters. The number of halogens is 1. The molecule has 0 radical (unpaired) electrons. The lowest BCUT2D eigenvalue weighted by Gasteiger charge is -2.29. The Hall–Kier alpha value is -1.92. The smallest absolute Gasteiger partial charge is 0.246 e. The van der Waals surface area contributed by atoms with Crippen molar-refractivity contribution in [1.82, 2.24) is 10.2 Å². The molecular formula is C22H27ClN2O3. The molecule has 5 nitrogen and oxygen atoms in total. The number of hydrogen-bond donors (Lipinski definition) is 2. The van der Waals surface area contributed by atoms with Crippen molar-refractivity contribution >= 4 is 17.5 Å². The summed E-state index contributed by atoms with van der Waals surface area (Å²) >= 11 is 6.07. The van der Waals surface area contributed by atoms with Crippen LogP contribution in [0.4, 0.5) is 0 Å². The zero-order valence-corrected chi connectivity index (χ0v) is 16.7. The number of carbonyl (C=O) groups is 1. The molecule has 0 spiro atoms. The van der Waals surface area contributed by atoms with Crippen LogP contribution in [0.3, 0.4) is 0 Å². The van der Waals surface area contributed by atoms with Crippen molar-refractivity contribution in [3.63, 3.8) is 0 Å². The van der Waals surface area contributed by atoms with Gasteiger partial charge in [-0.05, 0) is 35.6 Å². The van der Waals surface area contributed by atoms with Crippen molar-refractivity contribution in [3.05, 3.63) is 70.2 Å². The molecule has 0 aromatic heterocycles. The van der Waals surface area contributed by atoms with Gasteiger partial charge in [-0.1, -0.05) is 54.1 Å². The summed E-state index contributed by atoms with van der Waals surface area (Å²) in [6, 6.07) is 15.7. The molecule has 0 bridgehead atoms. The van der Waals surface area contributed by atoms with Gasteiger partial charge in [0.25, 0.3) is 0 Å².